The highest BCUT2D eigenvalue weighted by Gasteiger charge is 2.51. The molecule has 0 aliphatic carbocycles. The molecule has 0 bridgehead atoms. The van der Waals surface area contributed by atoms with Gasteiger partial charge in [0.05, 0.1) is 12.6 Å². The van der Waals surface area contributed by atoms with Crippen LogP contribution in [0.2, 0.25) is 0 Å². The molecule has 2 aliphatic heterocycles. The second-order valence-corrected chi connectivity index (χ2v) is 6.21. The maximum absolute atomic E-state index is 8.63. The summed E-state index contributed by atoms with van der Waals surface area (Å²) >= 11 is 0. The molecule has 4 nitrogen and oxygen atoms in total. The fourth-order valence-corrected chi connectivity index (χ4v) is 2.11. The van der Waals surface area contributed by atoms with E-state index >= 15 is 0 Å². The second-order valence-electron chi connectivity index (χ2n) is 6.21. The Morgan fingerprint density at radius 3 is 2.64 bits per heavy atom. The van der Waals surface area contributed by atoms with E-state index in [1.54, 1.807) is 0 Å². The van der Waals surface area contributed by atoms with Gasteiger partial charge >= 0.3 is 7.12 Å². The molecule has 1 aromatic heterocycles. The van der Waals surface area contributed by atoms with Crippen LogP contribution in [-0.2, 0) is 9.31 Å². The molecule has 3 rings (SSSR count). The Morgan fingerprint density at radius 1 is 1.32 bits per heavy atom. The van der Waals surface area contributed by atoms with E-state index < -0.39 is 62.6 Å². The van der Waals surface area contributed by atoms with Crippen molar-refractivity contribution in [3.05, 3.63) is 18.3 Å². The predicted octanol–water partition coefficient (Wildman–Crippen LogP) is 2.76. The molecule has 2 fully saturated rings. The Kier molecular flexibility index (Phi) is 1.72. The molecular formula is C17H27BN2O2. The molecule has 5 heteroatoms. The number of hydrogen-bond acceptors (Lipinski definition) is 4. The van der Waals surface area contributed by atoms with Crippen molar-refractivity contribution >= 4 is 18.4 Å². The van der Waals surface area contributed by atoms with E-state index in [-0.39, 0.29) is 4.90 Å². The van der Waals surface area contributed by atoms with Crippen molar-refractivity contribution in [1.82, 2.24) is 4.98 Å². The van der Waals surface area contributed by atoms with E-state index in [9.17, 15) is 0 Å². The average molecular weight is 314 g/mol. The summed E-state index contributed by atoms with van der Waals surface area (Å²) in [5, 5.41) is 0. The van der Waals surface area contributed by atoms with Crippen LogP contribution in [0.15, 0.2) is 18.3 Å². The van der Waals surface area contributed by atoms with Crippen molar-refractivity contribution < 1.29 is 25.8 Å². The van der Waals surface area contributed by atoms with E-state index in [0.717, 1.165) is 6.07 Å². The third kappa shape index (κ3) is 2.76. The van der Waals surface area contributed by atoms with Gasteiger partial charge in [0.2, 0.25) is 0 Å². The van der Waals surface area contributed by atoms with Gasteiger partial charge in [0.25, 0.3) is 0 Å². The van der Waals surface area contributed by atoms with Gasteiger partial charge in [-0.15, -0.1) is 0 Å². The summed E-state index contributed by atoms with van der Waals surface area (Å²) in [6, 6.07) is -1.09. The predicted molar refractivity (Wildman–Crippen MR) is 90.6 cm³/mol. The van der Waals surface area contributed by atoms with Gasteiger partial charge < -0.3 is 14.2 Å². The Hall–Kier alpha value is -1.07. The molecule has 3 heterocycles. The van der Waals surface area contributed by atoms with Crippen LogP contribution in [0, 0.1) is 0 Å². The van der Waals surface area contributed by atoms with Crippen molar-refractivity contribution in [2.24, 2.45) is 0 Å². The van der Waals surface area contributed by atoms with Gasteiger partial charge in [-0.3, -0.25) is 0 Å². The summed E-state index contributed by atoms with van der Waals surface area (Å²) in [5.74, 6) is -0.556. The number of pyridine rings is 1. The van der Waals surface area contributed by atoms with Crippen LogP contribution in [0.25, 0.3) is 0 Å². The van der Waals surface area contributed by atoms with Crippen molar-refractivity contribution in [2.75, 3.05) is 11.4 Å². The zero-order chi connectivity index (χ0) is 26.6. The highest BCUT2D eigenvalue weighted by atomic mass is 16.7. The fraction of sp³-hybridized carbons (Fsp3) is 0.706. The van der Waals surface area contributed by atoms with Crippen LogP contribution < -0.4 is 10.4 Å². The lowest BCUT2D eigenvalue weighted by Gasteiger charge is -2.34. The maximum Gasteiger partial charge on any atom is 0.496 e. The van der Waals surface area contributed by atoms with Crippen molar-refractivity contribution in [2.45, 2.75) is 70.9 Å². The van der Waals surface area contributed by atoms with Crippen LogP contribution in [0.5, 0.6) is 0 Å². The van der Waals surface area contributed by atoms with Gasteiger partial charge in [-0.2, -0.15) is 0 Å². The molecule has 1 aromatic rings. The Balaban J connectivity index is 2.17. The molecule has 0 saturated carbocycles. The standard InChI is InChI=1S/C17H27BN2O2/c1-13-8-6-7-11-20(13)15-10-9-14(12-19-15)18-21-16(2,3)17(4,5)22-18/h9-10,12-13H,6-8,11H2,1-5H3/i1D3,6D2,7D2,8D2,11D2,13D. The molecule has 0 aromatic carbocycles. The molecule has 0 spiro atoms. The zero-order valence-corrected chi connectivity index (χ0v) is 13.0. The largest absolute Gasteiger partial charge is 0.496 e. The van der Waals surface area contributed by atoms with E-state index in [1.807, 2.05) is 27.7 Å². The van der Waals surface area contributed by atoms with Gasteiger partial charge in [-0.1, -0.05) is 6.07 Å². The van der Waals surface area contributed by atoms with E-state index in [1.165, 1.54) is 12.3 Å². The highest BCUT2D eigenvalue weighted by molar-refractivity contribution is 6.62. The van der Waals surface area contributed by atoms with Gasteiger partial charge in [0, 0.05) is 39.3 Å². The molecule has 2 aliphatic rings. The smallest absolute Gasteiger partial charge is 0.399 e. The van der Waals surface area contributed by atoms with Gasteiger partial charge in [0.15, 0.2) is 0 Å². The third-order valence-corrected chi connectivity index (χ3v) is 4.16. The first-order chi connectivity index (χ1) is 14.9. The van der Waals surface area contributed by atoms with E-state index in [4.69, 9.17) is 25.8 Å². The zero-order valence-electron chi connectivity index (χ0n) is 25.0. The lowest BCUT2D eigenvalue weighted by Crippen LogP contribution is -2.41. The number of anilines is 1. The highest BCUT2D eigenvalue weighted by Crippen LogP contribution is 2.36. The molecule has 0 radical (unpaired) electrons. The molecule has 1 unspecified atom stereocenters. The van der Waals surface area contributed by atoms with Gasteiger partial charge in [0.1, 0.15) is 5.82 Å². The molecular weight excluding hydrogens is 275 g/mol. The molecule has 0 amide bonds. The Labute approximate surface area is 151 Å². The maximum atomic E-state index is 8.63. The van der Waals surface area contributed by atoms with Crippen LogP contribution in [-0.4, -0.2) is 35.8 Å². The first-order valence-electron chi connectivity index (χ1n) is 13.0. The molecule has 22 heavy (non-hydrogen) atoms. The van der Waals surface area contributed by atoms with Crippen LogP contribution in [0.3, 0.4) is 0 Å². The number of hydrogen-bond donors (Lipinski definition) is 0. The first kappa shape index (κ1) is 6.82. The minimum Gasteiger partial charge on any atom is -0.399 e. The topological polar surface area (TPSA) is 34.6 Å². The Bertz CT molecular complexity index is 950. The van der Waals surface area contributed by atoms with Crippen LogP contribution in [0.4, 0.5) is 5.82 Å². The average Bonchev–Trinajstić information content (AvgIpc) is 2.87. The lowest BCUT2D eigenvalue weighted by molar-refractivity contribution is 0.00578. The summed E-state index contributed by atoms with van der Waals surface area (Å²) in [5.41, 5.74) is -0.961. The Morgan fingerprint density at radius 2 is 2.05 bits per heavy atom. The van der Waals surface area contributed by atoms with E-state index in [2.05, 4.69) is 4.98 Å². The third-order valence-electron chi connectivity index (χ3n) is 4.16. The lowest BCUT2D eigenvalue weighted by atomic mass is 9.80. The minimum absolute atomic E-state index is 0.0857. The number of nitrogens with zero attached hydrogens (tertiary/aromatic N) is 2. The van der Waals surface area contributed by atoms with Crippen LogP contribution >= 0.6 is 0 Å². The molecule has 120 valence electrons. The number of piperidine rings is 1. The fourth-order valence-electron chi connectivity index (χ4n) is 2.11. The number of rotatable bonds is 2. The second kappa shape index (κ2) is 5.53. The quantitative estimate of drug-likeness (QED) is 0.786. The molecule has 1 atom stereocenters. The summed E-state index contributed by atoms with van der Waals surface area (Å²) in [6.45, 7) is 0.261. The molecule has 0 N–H and O–H groups in total. The summed E-state index contributed by atoms with van der Waals surface area (Å²) in [6.07, 6.45) is -9.75. The van der Waals surface area contributed by atoms with Gasteiger partial charge in [-0.25, -0.2) is 4.98 Å². The van der Waals surface area contributed by atoms with Crippen LogP contribution in [0.1, 0.15) is 70.1 Å². The van der Waals surface area contributed by atoms with Gasteiger partial charge in [-0.05, 0) is 59.7 Å². The summed E-state index contributed by atoms with van der Waals surface area (Å²) in [7, 11) is -0.861. The normalized spacial score (nSPS) is 48.4. The van der Waals surface area contributed by atoms with Crippen molar-refractivity contribution in [1.29, 1.82) is 0 Å². The SMILES string of the molecule is [2H]C([2H])([2H])C1([2H])N(c2ccc(B3OC(C)(C)C(C)(C)O3)cn2)C([2H])([2H])C([2H])([2H])C([2H])([2H])C1([2H])[2H]. The van der Waals surface area contributed by atoms with Crippen molar-refractivity contribution in [3.8, 4) is 0 Å². The first-order valence-corrected chi connectivity index (χ1v) is 7.02. The minimum atomic E-state index is -3.69. The monoisotopic (exact) mass is 314 g/mol. The molecule has 2 saturated heterocycles. The summed E-state index contributed by atoms with van der Waals surface area (Å²) in [4.78, 5) is 4.11. The summed E-state index contributed by atoms with van der Waals surface area (Å²) < 4.78 is 110. The van der Waals surface area contributed by atoms with Crippen molar-refractivity contribution in [3.63, 3.8) is 0 Å². The number of aromatic nitrogens is 1. The van der Waals surface area contributed by atoms with E-state index in [0.29, 0.717) is 5.46 Å².